The van der Waals surface area contributed by atoms with Gasteiger partial charge < -0.3 is 14.8 Å². The number of hydrogen-bond donors (Lipinski definition) is 1. The molecule has 0 unspecified atom stereocenters. The van der Waals surface area contributed by atoms with Gasteiger partial charge in [0.15, 0.2) is 11.5 Å². The quantitative estimate of drug-likeness (QED) is 0.513. The third-order valence-electron chi connectivity index (χ3n) is 4.69. The molecule has 7 nitrogen and oxygen atoms in total. The van der Waals surface area contributed by atoms with Crippen molar-refractivity contribution in [3.05, 3.63) is 54.1 Å². The Bertz CT molecular complexity index is 977. The van der Waals surface area contributed by atoms with Crippen molar-refractivity contribution >= 4 is 0 Å². The fourth-order valence-electron chi connectivity index (χ4n) is 3.82. The van der Waals surface area contributed by atoms with Crippen molar-refractivity contribution in [2.45, 2.75) is 60.0 Å². The van der Waals surface area contributed by atoms with Gasteiger partial charge in [0.05, 0.1) is 12.3 Å². The van der Waals surface area contributed by atoms with Gasteiger partial charge >= 0.3 is 6.01 Å². The summed E-state index contributed by atoms with van der Waals surface area (Å²) in [6.07, 6.45) is 1.07. The van der Waals surface area contributed by atoms with E-state index in [0.717, 1.165) is 24.2 Å². The number of nitrogens with zero attached hydrogens (tertiary/aromatic N) is 4. The molecule has 1 heterocycles. The Hall–Kier alpha value is -2.93. The Balaban J connectivity index is 1.77. The third-order valence-corrected chi connectivity index (χ3v) is 4.69. The first-order valence-corrected chi connectivity index (χ1v) is 10.7. The van der Waals surface area contributed by atoms with Crippen molar-refractivity contribution in [2.24, 2.45) is 5.41 Å². The van der Waals surface area contributed by atoms with Gasteiger partial charge in [-0.15, -0.1) is 0 Å². The van der Waals surface area contributed by atoms with E-state index in [1.165, 1.54) is 0 Å². The van der Waals surface area contributed by atoms with Crippen molar-refractivity contribution in [1.29, 1.82) is 0 Å². The molecule has 0 atom stereocenters. The first-order valence-electron chi connectivity index (χ1n) is 10.7. The fraction of sp³-hybridized carbons (Fsp3) is 0.458. The predicted octanol–water partition coefficient (Wildman–Crippen LogP) is 5.16. The minimum absolute atomic E-state index is 0.0248. The maximum atomic E-state index is 6.04. The summed E-state index contributed by atoms with van der Waals surface area (Å²) in [6.45, 7) is 14.5. The van der Waals surface area contributed by atoms with Crippen LogP contribution in [0.15, 0.2) is 48.5 Å². The van der Waals surface area contributed by atoms with Gasteiger partial charge in [0.25, 0.3) is 0 Å². The van der Waals surface area contributed by atoms with Crippen LogP contribution in [-0.4, -0.2) is 32.4 Å². The zero-order chi connectivity index (χ0) is 22.5. The first-order chi connectivity index (χ1) is 14.7. The summed E-state index contributed by atoms with van der Waals surface area (Å²) in [4.78, 5) is 0. The smallest absolute Gasteiger partial charge is 0.346 e. The molecule has 0 aliphatic rings. The van der Waals surface area contributed by atoms with Gasteiger partial charge in [-0.1, -0.05) is 50.1 Å². The van der Waals surface area contributed by atoms with Gasteiger partial charge in [-0.25, -0.2) is 0 Å². The van der Waals surface area contributed by atoms with E-state index in [-0.39, 0.29) is 17.0 Å². The van der Waals surface area contributed by atoms with Crippen molar-refractivity contribution in [1.82, 2.24) is 25.5 Å². The summed E-state index contributed by atoms with van der Waals surface area (Å²) in [5.74, 6) is 1.24. The summed E-state index contributed by atoms with van der Waals surface area (Å²) in [6, 6.07) is 15.9. The van der Waals surface area contributed by atoms with Crippen LogP contribution < -0.4 is 14.8 Å². The molecule has 1 aromatic heterocycles. The lowest BCUT2D eigenvalue weighted by atomic mass is 9.82. The van der Waals surface area contributed by atoms with Crippen LogP contribution >= 0.6 is 0 Å². The number of nitrogens with one attached hydrogen (secondary N) is 1. The molecular formula is C24H33N5O2. The monoisotopic (exact) mass is 423 g/mol. The highest BCUT2D eigenvalue weighted by Gasteiger charge is 2.25. The maximum absolute atomic E-state index is 6.04. The third kappa shape index (κ3) is 6.52. The van der Waals surface area contributed by atoms with E-state index < -0.39 is 0 Å². The number of hydrogen-bond acceptors (Lipinski definition) is 6. The van der Waals surface area contributed by atoms with Crippen LogP contribution in [0.4, 0.5) is 0 Å². The predicted molar refractivity (Wildman–Crippen MR) is 122 cm³/mol. The van der Waals surface area contributed by atoms with Gasteiger partial charge in [0.1, 0.15) is 0 Å². The molecule has 0 aliphatic heterocycles. The molecule has 0 bridgehead atoms. The van der Waals surface area contributed by atoms with Crippen molar-refractivity contribution in [2.75, 3.05) is 6.61 Å². The lowest BCUT2D eigenvalue weighted by molar-refractivity contribution is 0.240. The van der Waals surface area contributed by atoms with E-state index in [1.807, 2.05) is 55.5 Å². The highest BCUT2D eigenvalue weighted by Crippen LogP contribution is 2.33. The molecule has 2 aromatic carbocycles. The van der Waals surface area contributed by atoms with Gasteiger partial charge in [-0.2, -0.15) is 4.68 Å². The number of para-hydroxylation sites is 1. The van der Waals surface area contributed by atoms with E-state index in [0.29, 0.717) is 18.1 Å². The van der Waals surface area contributed by atoms with Crippen molar-refractivity contribution in [3.8, 4) is 23.2 Å². The lowest BCUT2D eigenvalue weighted by Gasteiger charge is -2.33. The summed E-state index contributed by atoms with van der Waals surface area (Å²) in [5, 5.41) is 15.5. The summed E-state index contributed by atoms with van der Waals surface area (Å²) in [7, 11) is 0. The normalized spacial score (nSPS) is 12.1. The van der Waals surface area contributed by atoms with Crippen LogP contribution in [-0.2, 0) is 6.54 Å². The summed E-state index contributed by atoms with van der Waals surface area (Å²) < 4.78 is 13.4. The van der Waals surface area contributed by atoms with Gasteiger partial charge in [-0.3, -0.25) is 0 Å². The number of tetrazole rings is 1. The SMILES string of the molecule is CCOc1cc(CNC(C)(C)CC(C)(C)C)ccc1Oc1nnnn1-c1ccccc1. The lowest BCUT2D eigenvalue weighted by Crippen LogP contribution is -2.41. The van der Waals surface area contributed by atoms with Crippen LogP contribution in [0.3, 0.4) is 0 Å². The standard InChI is InChI=1S/C24H33N5O2/c1-7-30-21-15-18(16-25-24(5,6)17-23(2,3)4)13-14-20(21)31-22-26-27-28-29(22)19-11-9-8-10-12-19/h8-15,25H,7,16-17H2,1-6H3. The van der Waals surface area contributed by atoms with Crippen LogP contribution in [0.1, 0.15) is 53.5 Å². The topological polar surface area (TPSA) is 74.1 Å². The molecule has 7 heteroatoms. The molecule has 0 spiro atoms. The molecule has 1 N–H and O–H groups in total. The second kappa shape index (κ2) is 9.47. The Morgan fingerprint density at radius 1 is 0.968 bits per heavy atom. The molecule has 0 aliphatic carbocycles. The van der Waals surface area contributed by atoms with Gasteiger partial charge in [0, 0.05) is 12.1 Å². The fourth-order valence-corrected chi connectivity index (χ4v) is 3.82. The molecule has 3 rings (SSSR count). The summed E-state index contributed by atoms with van der Waals surface area (Å²) in [5.41, 5.74) is 2.23. The largest absolute Gasteiger partial charge is 0.490 e. The number of benzene rings is 2. The van der Waals surface area contributed by atoms with Gasteiger partial charge in [-0.05, 0) is 72.9 Å². The molecule has 3 aromatic rings. The molecule has 0 amide bonds. The zero-order valence-corrected chi connectivity index (χ0v) is 19.3. The number of rotatable bonds is 9. The highest BCUT2D eigenvalue weighted by atomic mass is 16.5. The van der Waals surface area contributed by atoms with E-state index >= 15 is 0 Å². The Morgan fingerprint density at radius 2 is 1.71 bits per heavy atom. The molecule has 0 saturated heterocycles. The van der Waals surface area contributed by atoms with Crippen LogP contribution in [0.25, 0.3) is 5.69 Å². The van der Waals surface area contributed by atoms with E-state index in [1.54, 1.807) is 4.68 Å². The molecule has 0 fully saturated rings. The second-order valence-electron chi connectivity index (χ2n) is 9.50. The number of ether oxygens (including phenoxy) is 2. The molecule has 166 valence electrons. The van der Waals surface area contributed by atoms with Crippen molar-refractivity contribution < 1.29 is 9.47 Å². The van der Waals surface area contributed by atoms with Crippen LogP contribution in [0, 0.1) is 5.41 Å². The van der Waals surface area contributed by atoms with Crippen molar-refractivity contribution in [3.63, 3.8) is 0 Å². The average Bonchev–Trinajstić information content (AvgIpc) is 3.15. The molecular weight excluding hydrogens is 390 g/mol. The zero-order valence-electron chi connectivity index (χ0n) is 19.3. The van der Waals surface area contributed by atoms with Crippen LogP contribution in [0.2, 0.25) is 0 Å². The number of aromatic nitrogens is 4. The second-order valence-corrected chi connectivity index (χ2v) is 9.50. The molecule has 31 heavy (non-hydrogen) atoms. The Labute approximate surface area is 184 Å². The van der Waals surface area contributed by atoms with E-state index in [2.05, 4.69) is 55.5 Å². The Morgan fingerprint density at radius 3 is 2.39 bits per heavy atom. The van der Waals surface area contributed by atoms with Crippen LogP contribution in [0.5, 0.6) is 17.5 Å². The molecule has 0 radical (unpaired) electrons. The van der Waals surface area contributed by atoms with E-state index in [9.17, 15) is 0 Å². The minimum atomic E-state index is 0.0248. The highest BCUT2D eigenvalue weighted by molar-refractivity contribution is 5.45. The van der Waals surface area contributed by atoms with E-state index in [4.69, 9.17) is 9.47 Å². The first kappa shape index (κ1) is 22.7. The minimum Gasteiger partial charge on any atom is -0.490 e. The Kier molecular flexibility index (Phi) is 6.95. The summed E-state index contributed by atoms with van der Waals surface area (Å²) >= 11 is 0. The maximum Gasteiger partial charge on any atom is 0.346 e. The molecule has 0 saturated carbocycles. The average molecular weight is 424 g/mol. The van der Waals surface area contributed by atoms with Gasteiger partial charge in [0.2, 0.25) is 0 Å².